The second-order valence-electron chi connectivity index (χ2n) is 4.89. The van der Waals surface area contributed by atoms with Crippen molar-refractivity contribution in [1.29, 1.82) is 0 Å². The summed E-state index contributed by atoms with van der Waals surface area (Å²) in [5, 5.41) is 0.343. The number of Topliss-reactive ketones (excluding diaryl/α,β-unsaturated/α-hetero) is 1. The molecule has 23 heavy (non-hydrogen) atoms. The molecule has 0 amide bonds. The SMILES string of the molecule is CCO[PH](=O)OC(C(=O)c1c(C)cccc1Cl)c1ccccc1. The third-order valence-corrected chi connectivity index (χ3v) is 4.55. The maximum absolute atomic E-state index is 12.9. The summed E-state index contributed by atoms with van der Waals surface area (Å²) >= 11 is 6.18. The second kappa shape index (κ2) is 8.42. The van der Waals surface area contributed by atoms with Gasteiger partial charge < -0.3 is 4.52 Å². The molecule has 122 valence electrons. The van der Waals surface area contributed by atoms with Gasteiger partial charge in [0.05, 0.1) is 11.6 Å². The van der Waals surface area contributed by atoms with Gasteiger partial charge in [0.1, 0.15) is 0 Å². The van der Waals surface area contributed by atoms with Crippen molar-refractivity contribution in [3.63, 3.8) is 0 Å². The predicted octanol–water partition coefficient (Wildman–Crippen LogP) is 5.02. The van der Waals surface area contributed by atoms with Crippen molar-refractivity contribution in [2.75, 3.05) is 6.61 Å². The van der Waals surface area contributed by atoms with Crippen LogP contribution in [0.4, 0.5) is 0 Å². The molecule has 0 heterocycles. The Morgan fingerprint density at radius 3 is 2.48 bits per heavy atom. The van der Waals surface area contributed by atoms with Crippen LogP contribution in [0.1, 0.15) is 34.5 Å². The lowest BCUT2D eigenvalue weighted by Gasteiger charge is -2.18. The maximum Gasteiger partial charge on any atom is 0.320 e. The fraction of sp³-hybridized carbons (Fsp3) is 0.235. The molecule has 0 aliphatic rings. The molecule has 4 nitrogen and oxygen atoms in total. The summed E-state index contributed by atoms with van der Waals surface area (Å²) in [6.45, 7) is 3.76. The second-order valence-corrected chi connectivity index (χ2v) is 6.32. The molecule has 0 aromatic heterocycles. The molecule has 2 aromatic rings. The summed E-state index contributed by atoms with van der Waals surface area (Å²) in [6.07, 6.45) is -1.02. The zero-order valence-corrected chi connectivity index (χ0v) is 14.7. The highest BCUT2D eigenvalue weighted by Crippen LogP contribution is 2.36. The normalized spacial score (nSPS) is 13.5. The third-order valence-electron chi connectivity index (χ3n) is 3.29. The minimum absolute atomic E-state index is 0.249. The van der Waals surface area contributed by atoms with Gasteiger partial charge in [-0.05, 0) is 31.0 Å². The Kier molecular flexibility index (Phi) is 6.55. The molecule has 2 rings (SSSR count). The largest absolute Gasteiger partial charge is 0.320 e. The number of aryl methyl sites for hydroxylation is 1. The first-order chi connectivity index (χ1) is 11.0. The Labute approximate surface area is 141 Å². The molecule has 0 spiro atoms. The summed E-state index contributed by atoms with van der Waals surface area (Å²) in [6, 6.07) is 14.1. The molecule has 6 heteroatoms. The Morgan fingerprint density at radius 2 is 1.87 bits per heavy atom. The Bertz CT molecular complexity index is 683. The summed E-state index contributed by atoms with van der Waals surface area (Å²) < 4.78 is 22.3. The molecule has 2 atom stereocenters. The lowest BCUT2D eigenvalue weighted by molar-refractivity contribution is 0.0768. The fourth-order valence-electron chi connectivity index (χ4n) is 2.22. The van der Waals surface area contributed by atoms with Crippen molar-refractivity contribution < 1.29 is 18.4 Å². The van der Waals surface area contributed by atoms with Gasteiger partial charge in [0.15, 0.2) is 11.9 Å². The summed E-state index contributed by atoms with van der Waals surface area (Å²) in [5.74, 6) is -0.336. The van der Waals surface area contributed by atoms with Gasteiger partial charge >= 0.3 is 8.25 Å². The van der Waals surface area contributed by atoms with E-state index >= 15 is 0 Å². The van der Waals surface area contributed by atoms with Crippen LogP contribution in [0.2, 0.25) is 5.02 Å². The monoisotopic (exact) mass is 352 g/mol. The molecule has 0 fully saturated rings. The highest BCUT2D eigenvalue weighted by Gasteiger charge is 2.27. The minimum Gasteiger partial charge on any atom is -0.311 e. The van der Waals surface area contributed by atoms with Crippen LogP contribution in [-0.2, 0) is 13.6 Å². The van der Waals surface area contributed by atoms with Crippen LogP contribution in [0.3, 0.4) is 0 Å². The van der Waals surface area contributed by atoms with Crippen LogP contribution in [0, 0.1) is 6.92 Å². The van der Waals surface area contributed by atoms with Crippen LogP contribution in [-0.4, -0.2) is 12.4 Å². The molecule has 0 saturated carbocycles. The van der Waals surface area contributed by atoms with Crippen molar-refractivity contribution in [2.24, 2.45) is 0 Å². The summed E-state index contributed by atoms with van der Waals surface area (Å²) in [7, 11) is -2.78. The van der Waals surface area contributed by atoms with Crippen LogP contribution in [0.15, 0.2) is 48.5 Å². The molecule has 0 aliphatic carbocycles. The number of halogens is 1. The van der Waals surface area contributed by atoms with Crippen molar-refractivity contribution >= 4 is 25.6 Å². The van der Waals surface area contributed by atoms with Gasteiger partial charge in [0, 0.05) is 5.56 Å². The van der Waals surface area contributed by atoms with E-state index in [4.69, 9.17) is 20.6 Å². The van der Waals surface area contributed by atoms with E-state index < -0.39 is 14.4 Å². The van der Waals surface area contributed by atoms with E-state index in [0.29, 0.717) is 16.1 Å². The van der Waals surface area contributed by atoms with Crippen LogP contribution >= 0.6 is 19.9 Å². The Hall–Kier alpha value is -1.45. The van der Waals surface area contributed by atoms with Gasteiger partial charge in [-0.1, -0.05) is 54.1 Å². The lowest BCUT2D eigenvalue weighted by Crippen LogP contribution is -2.16. The average Bonchev–Trinajstić information content (AvgIpc) is 2.53. The van der Waals surface area contributed by atoms with Crippen molar-refractivity contribution in [3.8, 4) is 0 Å². The van der Waals surface area contributed by atoms with E-state index in [1.54, 1.807) is 56.3 Å². The van der Waals surface area contributed by atoms with Gasteiger partial charge in [-0.15, -0.1) is 0 Å². The molecule has 2 aromatic carbocycles. The highest BCUT2D eigenvalue weighted by molar-refractivity contribution is 7.33. The predicted molar refractivity (Wildman–Crippen MR) is 91.4 cm³/mol. The van der Waals surface area contributed by atoms with E-state index in [0.717, 1.165) is 5.56 Å². The number of ketones is 1. The quantitative estimate of drug-likeness (QED) is 0.519. The maximum atomic E-state index is 12.9. The minimum atomic E-state index is -2.78. The van der Waals surface area contributed by atoms with Crippen molar-refractivity contribution in [1.82, 2.24) is 0 Å². The van der Waals surface area contributed by atoms with E-state index in [2.05, 4.69) is 0 Å². The van der Waals surface area contributed by atoms with E-state index in [1.165, 1.54) is 0 Å². The van der Waals surface area contributed by atoms with Gasteiger partial charge in [0.2, 0.25) is 0 Å². The topological polar surface area (TPSA) is 52.6 Å². The first kappa shape index (κ1) is 17.9. The van der Waals surface area contributed by atoms with E-state index in [-0.39, 0.29) is 12.4 Å². The molecule has 0 bridgehead atoms. The Morgan fingerprint density at radius 1 is 1.17 bits per heavy atom. The summed E-state index contributed by atoms with van der Waals surface area (Å²) in [4.78, 5) is 12.9. The highest BCUT2D eigenvalue weighted by atomic mass is 35.5. The fourth-order valence-corrected chi connectivity index (χ4v) is 3.28. The third kappa shape index (κ3) is 4.52. The Balaban J connectivity index is 2.41. The summed E-state index contributed by atoms with van der Waals surface area (Å²) in [5.41, 5.74) is 1.72. The van der Waals surface area contributed by atoms with Crippen LogP contribution in [0.5, 0.6) is 0 Å². The number of rotatable bonds is 7. The van der Waals surface area contributed by atoms with Crippen LogP contribution in [0.25, 0.3) is 0 Å². The van der Waals surface area contributed by atoms with Gasteiger partial charge in [-0.2, -0.15) is 0 Å². The van der Waals surface area contributed by atoms with Crippen molar-refractivity contribution in [2.45, 2.75) is 20.0 Å². The number of carbonyl (C=O) groups is 1. The molecule has 0 saturated heterocycles. The molecule has 2 unspecified atom stereocenters. The first-order valence-electron chi connectivity index (χ1n) is 7.22. The molecular formula is C17H18ClO4P. The molecule has 0 N–H and O–H groups in total. The number of carbonyl (C=O) groups excluding carboxylic acids is 1. The van der Waals surface area contributed by atoms with Crippen LogP contribution < -0.4 is 0 Å². The van der Waals surface area contributed by atoms with E-state index in [9.17, 15) is 9.36 Å². The number of hydrogen-bond donors (Lipinski definition) is 0. The van der Waals surface area contributed by atoms with E-state index in [1.807, 2.05) is 6.07 Å². The first-order valence-corrected chi connectivity index (χ1v) is 8.82. The smallest absolute Gasteiger partial charge is 0.311 e. The number of hydrogen-bond acceptors (Lipinski definition) is 4. The average molecular weight is 353 g/mol. The molecule has 0 radical (unpaired) electrons. The van der Waals surface area contributed by atoms with Gasteiger partial charge in [-0.3, -0.25) is 13.9 Å². The van der Waals surface area contributed by atoms with Gasteiger partial charge in [-0.25, -0.2) is 0 Å². The zero-order valence-electron chi connectivity index (χ0n) is 12.9. The van der Waals surface area contributed by atoms with Crippen molar-refractivity contribution in [3.05, 3.63) is 70.2 Å². The lowest BCUT2D eigenvalue weighted by atomic mass is 9.97. The zero-order chi connectivity index (χ0) is 16.8. The standard InChI is InChI=1S/C17H18ClO4P/c1-3-21-23(20)22-17(13-9-5-4-6-10-13)16(19)15-12(2)8-7-11-14(15)18/h4-11,17,23H,3H2,1-2H3. The number of benzene rings is 2. The molecule has 0 aliphatic heterocycles. The molecular weight excluding hydrogens is 335 g/mol. The van der Waals surface area contributed by atoms with Gasteiger partial charge in [0.25, 0.3) is 0 Å².